The van der Waals surface area contributed by atoms with Gasteiger partial charge in [-0.15, -0.1) is 0 Å². The average Bonchev–Trinajstić information content (AvgIpc) is 3.02. The maximum absolute atomic E-state index is 11.7. The monoisotopic (exact) mass is 228 g/mol. The Bertz CT molecular complexity index is 237. The molecule has 0 bridgehead atoms. The maximum atomic E-state index is 11.7. The summed E-state index contributed by atoms with van der Waals surface area (Å²) in [6.45, 7) is 5.28. The van der Waals surface area contributed by atoms with Crippen molar-refractivity contribution in [2.45, 2.75) is 39.2 Å². The van der Waals surface area contributed by atoms with Crippen LogP contribution in [-0.4, -0.2) is 32.2 Å². The van der Waals surface area contributed by atoms with E-state index in [2.05, 4.69) is 5.32 Å². The van der Waals surface area contributed by atoms with Gasteiger partial charge in [-0.05, 0) is 31.6 Å². The molecule has 0 aromatic rings. The molecule has 0 radical (unpaired) electrons. The summed E-state index contributed by atoms with van der Waals surface area (Å²) in [5.41, 5.74) is 6.00. The summed E-state index contributed by atoms with van der Waals surface area (Å²) in [6.07, 6.45) is 3.43. The Balaban J connectivity index is 2.26. The van der Waals surface area contributed by atoms with Crippen LogP contribution in [0.25, 0.3) is 0 Å². The Morgan fingerprint density at radius 1 is 1.50 bits per heavy atom. The molecule has 94 valence electrons. The minimum Gasteiger partial charge on any atom is -0.385 e. The third kappa shape index (κ3) is 3.76. The molecule has 4 nitrogen and oxygen atoms in total. The van der Waals surface area contributed by atoms with Crippen molar-refractivity contribution in [2.24, 2.45) is 17.1 Å². The van der Waals surface area contributed by atoms with Gasteiger partial charge in [0.05, 0.1) is 0 Å². The topological polar surface area (TPSA) is 64.3 Å². The molecule has 0 aromatic carbocycles. The van der Waals surface area contributed by atoms with E-state index in [1.165, 1.54) is 12.8 Å². The number of carbonyl (C=O) groups is 1. The first kappa shape index (κ1) is 13.5. The maximum Gasteiger partial charge on any atom is 0.224 e. The van der Waals surface area contributed by atoms with Crippen LogP contribution in [0.1, 0.15) is 33.1 Å². The number of methoxy groups -OCH3 is 1. The fraction of sp³-hybridized carbons (Fsp3) is 0.917. The summed E-state index contributed by atoms with van der Waals surface area (Å²) in [7, 11) is 1.72. The fourth-order valence-electron chi connectivity index (χ4n) is 1.68. The molecule has 1 amide bonds. The summed E-state index contributed by atoms with van der Waals surface area (Å²) < 4.78 is 5.08. The van der Waals surface area contributed by atoms with E-state index in [1.807, 2.05) is 13.8 Å². The van der Waals surface area contributed by atoms with Gasteiger partial charge in [0.2, 0.25) is 5.91 Å². The number of hydrogen-bond acceptors (Lipinski definition) is 3. The highest BCUT2D eigenvalue weighted by atomic mass is 16.5. The summed E-state index contributed by atoms with van der Waals surface area (Å²) in [5.74, 6) is -0.0445. The van der Waals surface area contributed by atoms with Gasteiger partial charge in [-0.3, -0.25) is 4.79 Å². The van der Waals surface area contributed by atoms with Gasteiger partial charge in [0.15, 0.2) is 0 Å². The molecule has 0 heterocycles. The lowest BCUT2D eigenvalue weighted by Gasteiger charge is -2.19. The van der Waals surface area contributed by atoms with E-state index in [0.717, 1.165) is 19.6 Å². The van der Waals surface area contributed by atoms with Crippen molar-refractivity contribution in [1.82, 2.24) is 5.32 Å². The molecule has 0 saturated heterocycles. The second-order valence-electron chi connectivity index (χ2n) is 5.11. The Hall–Kier alpha value is -0.610. The van der Waals surface area contributed by atoms with E-state index in [9.17, 15) is 4.79 Å². The molecule has 0 aliphatic heterocycles. The van der Waals surface area contributed by atoms with Gasteiger partial charge in [0.25, 0.3) is 0 Å². The number of ether oxygens (including phenoxy) is 1. The number of nitrogens with one attached hydrogen (secondary N) is 1. The van der Waals surface area contributed by atoms with Gasteiger partial charge in [0, 0.05) is 32.2 Å². The number of amides is 1. The first-order valence-corrected chi connectivity index (χ1v) is 6.03. The van der Waals surface area contributed by atoms with Gasteiger partial charge in [-0.2, -0.15) is 0 Å². The molecule has 1 aliphatic rings. The highest BCUT2D eigenvalue weighted by Gasteiger charge is 2.42. The lowest BCUT2D eigenvalue weighted by Crippen LogP contribution is -2.40. The van der Waals surface area contributed by atoms with Gasteiger partial charge in [0.1, 0.15) is 0 Å². The molecule has 0 aromatic heterocycles. The van der Waals surface area contributed by atoms with E-state index in [1.54, 1.807) is 7.11 Å². The molecule has 0 spiro atoms. The van der Waals surface area contributed by atoms with Gasteiger partial charge >= 0.3 is 0 Å². The van der Waals surface area contributed by atoms with Crippen LogP contribution in [0.4, 0.5) is 0 Å². The Kier molecular flexibility index (Phi) is 4.74. The van der Waals surface area contributed by atoms with E-state index >= 15 is 0 Å². The van der Waals surface area contributed by atoms with Gasteiger partial charge < -0.3 is 15.8 Å². The number of carbonyl (C=O) groups excluding carboxylic acids is 1. The number of hydrogen-bond donors (Lipinski definition) is 2. The van der Waals surface area contributed by atoms with Crippen LogP contribution in [0.2, 0.25) is 0 Å². The Morgan fingerprint density at radius 3 is 2.56 bits per heavy atom. The van der Waals surface area contributed by atoms with E-state index < -0.39 is 0 Å². The third-order valence-electron chi connectivity index (χ3n) is 3.63. The molecule has 1 rings (SSSR count). The van der Waals surface area contributed by atoms with Gasteiger partial charge in [-0.25, -0.2) is 0 Å². The Labute approximate surface area is 97.9 Å². The largest absolute Gasteiger partial charge is 0.385 e. The van der Waals surface area contributed by atoms with E-state index in [-0.39, 0.29) is 17.9 Å². The predicted molar refractivity (Wildman–Crippen MR) is 64.0 cm³/mol. The molecule has 4 heteroatoms. The lowest BCUT2D eigenvalue weighted by molar-refractivity contribution is -0.125. The molecule has 2 unspecified atom stereocenters. The zero-order valence-corrected chi connectivity index (χ0v) is 10.6. The summed E-state index contributed by atoms with van der Waals surface area (Å²) in [5, 5.41) is 3.00. The van der Waals surface area contributed by atoms with E-state index in [0.29, 0.717) is 5.41 Å². The zero-order chi connectivity index (χ0) is 12.2. The second kappa shape index (κ2) is 5.64. The molecular weight excluding hydrogens is 204 g/mol. The van der Waals surface area contributed by atoms with Crippen molar-refractivity contribution < 1.29 is 9.53 Å². The van der Waals surface area contributed by atoms with Crippen LogP contribution >= 0.6 is 0 Å². The van der Waals surface area contributed by atoms with Crippen LogP contribution in [0.5, 0.6) is 0 Å². The molecule has 1 fully saturated rings. The van der Waals surface area contributed by atoms with E-state index in [4.69, 9.17) is 10.5 Å². The highest BCUT2D eigenvalue weighted by Crippen LogP contribution is 2.48. The molecule has 3 N–H and O–H groups in total. The van der Waals surface area contributed by atoms with Crippen molar-refractivity contribution in [1.29, 1.82) is 0 Å². The van der Waals surface area contributed by atoms with Crippen molar-refractivity contribution in [3.8, 4) is 0 Å². The van der Waals surface area contributed by atoms with Crippen molar-refractivity contribution >= 4 is 5.91 Å². The minimum absolute atomic E-state index is 0.0682. The standard InChI is InChI=1S/C12H24N2O2/c1-9(10(2)13)11(15)14-8-12(4-5-12)6-7-16-3/h9-10H,4-8,13H2,1-3H3,(H,14,15). The second-order valence-corrected chi connectivity index (χ2v) is 5.11. The van der Waals surface area contributed by atoms with Crippen molar-refractivity contribution in [2.75, 3.05) is 20.3 Å². The minimum atomic E-state index is -0.113. The molecule has 1 aliphatic carbocycles. The quantitative estimate of drug-likeness (QED) is 0.680. The molecule has 1 saturated carbocycles. The average molecular weight is 228 g/mol. The lowest BCUT2D eigenvalue weighted by atomic mass is 10.0. The summed E-state index contributed by atoms with van der Waals surface area (Å²) >= 11 is 0. The van der Waals surface area contributed by atoms with Crippen LogP contribution in [0.15, 0.2) is 0 Å². The first-order valence-electron chi connectivity index (χ1n) is 6.03. The third-order valence-corrected chi connectivity index (χ3v) is 3.63. The SMILES string of the molecule is COCCC1(CNC(=O)C(C)C(C)N)CC1. The smallest absolute Gasteiger partial charge is 0.224 e. The van der Waals surface area contributed by atoms with Crippen molar-refractivity contribution in [3.63, 3.8) is 0 Å². The molecular formula is C12H24N2O2. The predicted octanol–water partition coefficient (Wildman–Crippen LogP) is 0.903. The highest BCUT2D eigenvalue weighted by molar-refractivity contribution is 5.79. The fourth-order valence-corrected chi connectivity index (χ4v) is 1.68. The zero-order valence-electron chi connectivity index (χ0n) is 10.6. The molecule has 16 heavy (non-hydrogen) atoms. The van der Waals surface area contributed by atoms with Gasteiger partial charge in [-0.1, -0.05) is 6.92 Å². The first-order chi connectivity index (χ1) is 7.51. The van der Waals surface area contributed by atoms with Crippen LogP contribution in [0.3, 0.4) is 0 Å². The summed E-state index contributed by atoms with van der Waals surface area (Å²) in [6, 6.07) is -0.0888. The Morgan fingerprint density at radius 2 is 2.12 bits per heavy atom. The van der Waals surface area contributed by atoms with Crippen LogP contribution in [-0.2, 0) is 9.53 Å². The number of nitrogens with two attached hydrogens (primary N) is 1. The van der Waals surface area contributed by atoms with Crippen LogP contribution in [0, 0.1) is 11.3 Å². The summed E-state index contributed by atoms with van der Waals surface area (Å²) in [4.78, 5) is 11.7. The normalized spacial score (nSPS) is 21.2. The number of rotatable bonds is 7. The molecule has 2 atom stereocenters. The van der Waals surface area contributed by atoms with Crippen LogP contribution < -0.4 is 11.1 Å². The van der Waals surface area contributed by atoms with Crippen molar-refractivity contribution in [3.05, 3.63) is 0 Å².